The second kappa shape index (κ2) is 6.93. The van der Waals surface area contributed by atoms with Crippen molar-refractivity contribution in [2.75, 3.05) is 18.2 Å². The van der Waals surface area contributed by atoms with Crippen LogP contribution in [-0.4, -0.2) is 28.7 Å². The number of aromatic nitrogens is 2. The van der Waals surface area contributed by atoms with Gasteiger partial charge in [0.15, 0.2) is 5.16 Å². The molecule has 0 aliphatic carbocycles. The van der Waals surface area contributed by atoms with Gasteiger partial charge < -0.3 is 15.0 Å². The molecule has 7 heteroatoms. The zero-order valence-electron chi connectivity index (χ0n) is 12.3. The first-order valence-electron chi connectivity index (χ1n) is 6.86. The van der Waals surface area contributed by atoms with Crippen molar-refractivity contribution in [3.8, 4) is 5.75 Å². The Morgan fingerprint density at radius 3 is 2.83 bits per heavy atom. The molecule has 0 aliphatic rings. The Morgan fingerprint density at radius 1 is 1.30 bits per heavy atom. The maximum Gasteiger partial charge on any atom is 0.234 e. The number of nitrogens with one attached hydrogen (secondary N) is 2. The van der Waals surface area contributed by atoms with Gasteiger partial charge in [0, 0.05) is 10.7 Å². The van der Waals surface area contributed by atoms with E-state index in [0.717, 1.165) is 22.5 Å². The number of carbonyl (C=O) groups excluding carboxylic acids is 1. The summed E-state index contributed by atoms with van der Waals surface area (Å²) in [4.78, 5) is 19.5. The summed E-state index contributed by atoms with van der Waals surface area (Å²) in [7, 11) is 1.60. The summed E-state index contributed by atoms with van der Waals surface area (Å²) >= 11 is 7.28. The van der Waals surface area contributed by atoms with Gasteiger partial charge in [-0.05, 0) is 42.5 Å². The highest BCUT2D eigenvalue weighted by Gasteiger charge is 2.08. The van der Waals surface area contributed by atoms with E-state index in [9.17, 15) is 4.79 Å². The number of aromatic amines is 1. The average molecular weight is 348 g/mol. The Labute approximate surface area is 142 Å². The van der Waals surface area contributed by atoms with Gasteiger partial charge in [-0.15, -0.1) is 0 Å². The minimum atomic E-state index is -0.0985. The molecule has 1 aromatic heterocycles. The predicted molar refractivity (Wildman–Crippen MR) is 93.5 cm³/mol. The molecule has 0 fully saturated rings. The van der Waals surface area contributed by atoms with Crippen molar-refractivity contribution in [2.45, 2.75) is 5.16 Å². The number of ether oxygens (including phenoxy) is 1. The molecule has 3 aromatic rings. The number of hydrogen-bond donors (Lipinski definition) is 2. The molecule has 2 N–H and O–H groups in total. The number of imidazole rings is 1. The number of methoxy groups -OCH3 is 1. The fraction of sp³-hybridized carbons (Fsp3) is 0.125. The molecule has 0 bridgehead atoms. The highest BCUT2D eigenvalue weighted by molar-refractivity contribution is 7.99. The zero-order chi connectivity index (χ0) is 16.2. The highest BCUT2D eigenvalue weighted by Crippen LogP contribution is 2.22. The SMILES string of the molecule is COc1ccc(NC(=O)CSc2nc3ccc(Cl)cc3[nH]2)cc1. The van der Waals surface area contributed by atoms with E-state index < -0.39 is 0 Å². The Bertz CT molecular complexity index is 833. The lowest BCUT2D eigenvalue weighted by atomic mass is 10.3. The number of halogens is 1. The van der Waals surface area contributed by atoms with Gasteiger partial charge in [-0.2, -0.15) is 0 Å². The number of anilines is 1. The van der Waals surface area contributed by atoms with Crippen LogP contribution in [0.2, 0.25) is 5.02 Å². The van der Waals surface area contributed by atoms with Crippen molar-refractivity contribution in [3.05, 3.63) is 47.5 Å². The summed E-state index contributed by atoms with van der Waals surface area (Å²) in [5.74, 6) is 0.913. The molecule has 118 valence electrons. The van der Waals surface area contributed by atoms with Gasteiger partial charge in [0.1, 0.15) is 5.75 Å². The fourth-order valence-corrected chi connectivity index (χ4v) is 2.89. The van der Waals surface area contributed by atoms with Gasteiger partial charge in [0.2, 0.25) is 5.91 Å². The van der Waals surface area contributed by atoms with Crippen molar-refractivity contribution in [1.29, 1.82) is 0 Å². The first-order chi connectivity index (χ1) is 11.1. The predicted octanol–water partition coefficient (Wildman–Crippen LogP) is 3.96. The van der Waals surface area contributed by atoms with Crippen LogP contribution in [0.15, 0.2) is 47.6 Å². The van der Waals surface area contributed by atoms with E-state index in [4.69, 9.17) is 16.3 Å². The first-order valence-corrected chi connectivity index (χ1v) is 8.22. The molecule has 1 amide bonds. The molecule has 0 atom stereocenters. The Balaban J connectivity index is 1.58. The molecule has 0 aliphatic heterocycles. The van der Waals surface area contributed by atoms with Crippen molar-refractivity contribution < 1.29 is 9.53 Å². The Kier molecular flexibility index (Phi) is 4.73. The molecule has 0 saturated carbocycles. The molecule has 0 radical (unpaired) electrons. The van der Waals surface area contributed by atoms with Crippen molar-refractivity contribution in [1.82, 2.24) is 9.97 Å². The Hall–Kier alpha value is -2.18. The number of nitrogens with zero attached hydrogens (tertiary/aromatic N) is 1. The summed E-state index contributed by atoms with van der Waals surface area (Å²) < 4.78 is 5.08. The van der Waals surface area contributed by atoms with Crippen molar-refractivity contribution >= 4 is 46.0 Å². The van der Waals surface area contributed by atoms with Crippen LogP contribution in [0.4, 0.5) is 5.69 Å². The van der Waals surface area contributed by atoms with Gasteiger partial charge in [-0.3, -0.25) is 4.79 Å². The third kappa shape index (κ3) is 3.97. The average Bonchev–Trinajstić information content (AvgIpc) is 2.95. The number of carbonyl (C=O) groups is 1. The van der Waals surface area contributed by atoms with Gasteiger partial charge >= 0.3 is 0 Å². The lowest BCUT2D eigenvalue weighted by Gasteiger charge is -2.05. The molecule has 2 aromatic carbocycles. The van der Waals surface area contributed by atoms with Gasteiger partial charge in [0.05, 0.1) is 23.9 Å². The number of hydrogen-bond acceptors (Lipinski definition) is 4. The lowest BCUT2D eigenvalue weighted by Crippen LogP contribution is -2.13. The summed E-state index contributed by atoms with van der Waals surface area (Å²) in [6.07, 6.45) is 0. The molecule has 1 heterocycles. The first kappa shape index (κ1) is 15.7. The minimum Gasteiger partial charge on any atom is -0.497 e. The third-order valence-corrected chi connectivity index (χ3v) is 4.24. The topological polar surface area (TPSA) is 67.0 Å². The molecule has 0 spiro atoms. The standard InChI is InChI=1S/C16H14ClN3O2S/c1-22-12-5-3-11(4-6-12)18-15(21)9-23-16-19-13-7-2-10(17)8-14(13)20-16/h2-8H,9H2,1H3,(H,18,21)(H,19,20). The van der Waals surface area contributed by atoms with Crippen LogP contribution in [0.3, 0.4) is 0 Å². The number of fused-ring (bicyclic) bond motifs is 1. The van der Waals surface area contributed by atoms with Gasteiger partial charge in [-0.25, -0.2) is 4.98 Å². The number of rotatable bonds is 5. The normalized spacial score (nSPS) is 10.7. The van der Waals surface area contributed by atoms with Crippen LogP contribution in [0.1, 0.15) is 0 Å². The highest BCUT2D eigenvalue weighted by atomic mass is 35.5. The molecule has 0 unspecified atom stereocenters. The lowest BCUT2D eigenvalue weighted by molar-refractivity contribution is -0.113. The van der Waals surface area contributed by atoms with Crippen LogP contribution in [0.25, 0.3) is 11.0 Å². The smallest absolute Gasteiger partial charge is 0.234 e. The maximum atomic E-state index is 12.0. The second-order valence-corrected chi connectivity index (χ2v) is 6.17. The van der Waals surface area contributed by atoms with E-state index >= 15 is 0 Å². The number of H-pyrrole nitrogens is 1. The second-order valence-electron chi connectivity index (χ2n) is 4.77. The van der Waals surface area contributed by atoms with Crippen LogP contribution >= 0.6 is 23.4 Å². The van der Waals surface area contributed by atoms with Crippen LogP contribution in [0, 0.1) is 0 Å². The maximum absolute atomic E-state index is 12.0. The Morgan fingerprint density at radius 2 is 2.09 bits per heavy atom. The monoisotopic (exact) mass is 347 g/mol. The van der Waals surface area contributed by atoms with E-state index in [1.807, 2.05) is 12.1 Å². The molecule has 23 heavy (non-hydrogen) atoms. The molecule has 5 nitrogen and oxygen atoms in total. The van der Waals surface area contributed by atoms with E-state index in [-0.39, 0.29) is 11.7 Å². The summed E-state index contributed by atoms with van der Waals surface area (Å²) in [6.45, 7) is 0. The minimum absolute atomic E-state index is 0.0985. The van der Waals surface area contributed by atoms with Crippen LogP contribution < -0.4 is 10.1 Å². The number of amides is 1. The molecular formula is C16H14ClN3O2S. The molecule has 3 rings (SSSR count). The van der Waals surface area contributed by atoms with E-state index in [1.165, 1.54) is 11.8 Å². The number of benzene rings is 2. The number of thioether (sulfide) groups is 1. The van der Waals surface area contributed by atoms with Crippen molar-refractivity contribution in [3.63, 3.8) is 0 Å². The zero-order valence-corrected chi connectivity index (χ0v) is 13.9. The summed E-state index contributed by atoms with van der Waals surface area (Å²) in [5, 5.41) is 4.16. The van der Waals surface area contributed by atoms with E-state index in [2.05, 4.69) is 15.3 Å². The van der Waals surface area contributed by atoms with Gasteiger partial charge in [-0.1, -0.05) is 23.4 Å². The van der Waals surface area contributed by atoms with Crippen molar-refractivity contribution in [2.24, 2.45) is 0 Å². The quantitative estimate of drug-likeness (QED) is 0.686. The fourth-order valence-electron chi connectivity index (χ4n) is 2.03. The largest absolute Gasteiger partial charge is 0.497 e. The van der Waals surface area contributed by atoms with E-state index in [1.54, 1.807) is 37.4 Å². The summed E-state index contributed by atoms with van der Waals surface area (Å²) in [5.41, 5.74) is 2.41. The van der Waals surface area contributed by atoms with E-state index in [0.29, 0.717) is 10.2 Å². The van der Waals surface area contributed by atoms with Crippen LogP contribution in [0.5, 0.6) is 5.75 Å². The molecule has 0 saturated heterocycles. The molecular weight excluding hydrogens is 334 g/mol. The third-order valence-electron chi connectivity index (χ3n) is 3.14. The van der Waals surface area contributed by atoms with Crippen LogP contribution in [-0.2, 0) is 4.79 Å². The summed E-state index contributed by atoms with van der Waals surface area (Å²) in [6, 6.07) is 12.6. The van der Waals surface area contributed by atoms with Gasteiger partial charge in [0.25, 0.3) is 0 Å².